The zero-order chi connectivity index (χ0) is 15.8. The molecule has 3 N–H and O–H groups in total. The molecule has 0 amide bonds. The molecule has 0 saturated carbocycles. The van der Waals surface area contributed by atoms with Crippen LogP contribution in [0.15, 0.2) is 54.6 Å². The van der Waals surface area contributed by atoms with Crippen LogP contribution in [0.3, 0.4) is 0 Å². The maximum absolute atomic E-state index is 10.2. The van der Waals surface area contributed by atoms with Crippen LogP contribution in [0.4, 0.5) is 0 Å². The Morgan fingerprint density at radius 2 is 1.74 bits per heavy atom. The Hall–Kier alpha value is -1.55. The van der Waals surface area contributed by atoms with Crippen molar-refractivity contribution in [2.75, 3.05) is 7.11 Å². The first kappa shape index (κ1) is 19.5. The van der Waals surface area contributed by atoms with Crippen molar-refractivity contribution in [3.05, 3.63) is 65.7 Å². The minimum absolute atomic E-state index is 0. The molecular weight excluding hydrogens is 310 g/mol. The molecule has 0 saturated heterocycles. The second-order valence-electron chi connectivity index (χ2n) is 5.66. The molecule has 0 aliphatic carbocycles. The van der Waals surface area contributed by atoms with Gasteiger partial charge >= 0.3 is 0 Å². The van der Waals surface area contributed by atoms with Gasteiger partial charge in [0, 0.05) is 6.04 Å². The van der Waals surface area contributed by atoms with Gasteiger partial charge in [-0.15, -0.1) is 12.4 Å². The number of hydrogen-bond acceptors (Lipinski definition) is 3. The Kier molecular flexibility index (Phi) is 8.70. The standard InChI is InChI=1S/C19H25NO2.ClH/c1-22-17-11-5-9-15(13-17)10-6-12-19(21)18(20)14-16-7-3-2-4-8-16;/h2-5,7-9,11,13,18-19,21H,6,10,12,14,20H2,1H3;1H/t18-,19+;/m0./s1. The summed E-state index contributed by atoms with van der Waals surface area (Å²) >= 11 is 0. The van der Waals surface area contributed by atoms with Crippen LogP contribution in [0, 0.1) is 0 Å². The highest BCUT2D eigenvalue weighted by molar-refractivity contribution is 5.85. The largest absolute Gasteiger partial charge is 0.497 e. The van der Waals surface area contributed by atoms with E-state index in [1.807, 2.05) is 48.5 Å². The number of aliphatic hydroxyl groups is 1. The number of benzene rings is 2. The van der Waals surface area contributed by atoms with E-state index >= 15 is 0 Å². The lowest BCUT2D eigenvalue weighted by Crippen LogP contribution is -2.36. The lowest BCUT2D eigenvalue weighted by molar-refractivity contribution is 0.132. The minimum Gasteiger partial charge on any atom is -0.497 e. The van der Waals surface area contributed by atoms with Crippen molar-refractivity contribution >= 4 is 12.4 Å². The van der Waals surface area contributed by atoms with Crippen LogP contribution in [-0.2, 0) is 12.8 Å². The number of ether oxygens (including phenoxy) is 1. The third kappa shape index (κ3) is 6.61. The SMILES string of the molecule is COc1cccc(CCC[C@@H](O)[C@@H](N)Cc2ccccc2)c1.Cl. The number of methoxy groups -OCH3 is 1. The molecule has 4 heteroatoms. The molecule has 0 fully saturated rings. The summed E-state index contributed by atoms with van der Waals surface area (Å²) in [5.74, 6) is 0.874. The van der Waals surface area contributed by atoms with Gasteiger partial charge in [-0.05, 0) is 48.9 Å². The van der Waals surface area contributed by atoms with E-state index in [1.165, 1.54) is 11.1 Å². The molecule has 0 heterocycles. The average molecular weight is 336 g/mol. The Bertz CT molecular complexity index is 562. The van der Waals surface area contributed by atoms with E-state index in [-0.39, 0.29) is 18.4 Å². The molecule has 2 aromatic carbocycles. The molecule has 2 atom stereocenters. The van der Waals surface area contributed by atoms with Gasteiger partial charge in [-0.1, -0.05) is 42.5 Å². The first-order valence-corrected chi connectivity index (χ1v) is 7.79. The predicted molar refractivity (Wildman–Crippen MR) is 97.3 cm³/mol. The molecule has 3 nitrogen and oxygen atoms in total. The molecule has 0 unspecified atom stereocenters. The lowest BCUT2D eigenvalue weighted by Gasteiger charge is -2.19. The molecule has 0 aliphatic heterocycles. The van der Waals surface area contributed by atoms with E-state index in [4.69, 9.17) is 10.5 Å². The second kappa shape index (κ2) is 10.3. The van der Waals surface area contributed by atoms with Gasteiger partial charge in [0.1, 0.15) is 5.75 Å². The summed E-state index contributed by atoms with van der Waals surface area (Å²) in [6.45, 7) is 0. The van der Waals surface area contributed by atoms with E-state index in [0.29, 0.717) is 12.8 Å². The summed E-state index contributed by atoms with van der Waals surface area (Å²) in [6.07, 6.45) is 2.79. The summed E-state index contributed by atoms with van der Waals surface area (Å²) in [4.78, 5) is 0. The van der Waals surface area contributed by atoms with Gasteiger partial charge in [0.15, 0.2) is 0 Å². The summed E-state index contributed by atoms with van der Waals surface area (Å²) in [7, 11) is 1.67. The maximum atomic E-state index is 10.2. The fourth-order valence-corrected chi connectivity index (χ4v) is 2.58. The monoisotopic (exact) mass is 335 g/mol. The number of hydrogen-bond donors (Lipinski definition) is 2. The number of aryl methyl sites for hydroxylation is 1. The third-order valence-corrected chi connectivity index (χ3v) is 3.91. The molecule has 0 bridgehead atoms. The molecule has 2 aromatic rings. The van der Waals surface area contributed by atoms with Crippen molar-refractivity contribution in [1.29, 1.82) is 0 Å². The molecule has 126 valence electrons. The Labute approximate surface area is 144 Å². The van der Waals surface area contributed by atoms with Gasteiger partial charge in [-0.2, -0.15) is 0 Å². The molecule has 0 radical (unpaired) electrons. The average Bonchev–Trinajstić information content (AvgIpc) is 2.56. The third-order valence-electron chi connectivity index (χ3n) is 3.91. The van der Waals surface area contributed by atoms with Crippen molar-refractivity contribution in [1.82, 2.24) is 0 Å². The van der Waals surface area contributed by atoms with E-state index in [2.05, 4.69) is 6.07 Å². The maximum Gasteiger partial charge on any atom is 0.119 e. The highest BCUT2D eigenvalue weighted by Gasteiger charge is 2.14. The van der Waals surface area contributed by atoms with E-state index in [0.717, 1.165) is 18.6 Å². The van der Waals surface area contributed by atoms with E-state index in [1.54, 1.807) is 7.11 Å². The van der Waals surface area contributed by atoms with Gasteiger partial charge < -0.3 is 15.6 Å². The van der Waals surface area contributed by atoms with Gasteiger partial charge in [0.25, 0.3) is 0 Å². The smallest absolute Gasteiger partial charge is 0.119 e. The van der Waals surface area contributed by atoms with Crippen LogP contribution in [0.5, 0.6) is 5.75 Å². The van der Waals surface area contributed by atoms with Gasteiger partial charge in [-0.3, -0.25) is 0 Å². The molecule has 0 aromatic heterocycles. The first-order chi connectivity index (χ1) is 10.7. The van der Waals surface area contributed by atoms with Crippen LogP contribution in [-0.4, -0.2) is 24.4 Å². The number of nitrogens with two attached hydrogens (primary N) is 1. The number of aliphatic hydroxyl groups excluding tert-OH is 1. The van der Waals surface area contributed by atoms with Crippen LogP contribution in [0.25, 0.3) is 0 Å². The van der Waals surface area contributed by atoms with Crippen LogP contribution >= 0.6 is 12.4 Å². The van der Waals surface area contributed by atoms with Crippen molar-refractivity contribution in [3.63, 3.8) is 0 Å². The molecular formula is C19H26ClNO2. The summed E-state index contributed by atoms with van der Waals surface area (Å²) in [5.41, 5.74) is 8.50. The molecule has 0 spiro atoms. The van der Waals surface area contributed by atoms with Crippen molar-refractivity contribution in [2.45, 2.75) is 37.8 Å². The van der Waals surface area contributed by atoms with Gasteiger partial charge in [-0.25, -0.2) is 0 Å². The van der Waals surface area contributed by atoms with Crippen molar-refractivity contribution in [3.8, 4) is 5.75 Å². The summed E-state index contributed by atoms with van der Waals surface area (Å²) < 4.78 is 5.22. The van der Waals surface area contributed by atoms with E-state index in [9.17, 15) is 5.11 Å². The highest BCUT2D eigenvalue weighted by Crippen LogP contribution is 2.16. The first-order valence-electron chi connectivity index (χ1n) is 7.79. The van der Waals surface area contributed by atoms with Crippen LogP contribution in [0.2, 0.25) is 0 Å². The molecule has 23 heavy (non-hydrogen) atoms. The van der Waals surface area contributed by atoms with Crippen LogP contribution in [0.1, 0.15) is 24.0 Å². The van der Waals surface area contributed by atoms with Gasteiger partial charge in [0.2, 0.25) is 0 Å². The van der Waals surface area contributed by atoms with E-state index < -0.39 is 6.10 Å². The predicted octanol–water partition coefficient (Wildman–Crippen LogP) is 3.37. The second-order valence-corrected chi connectivity index (χ2v) is 5.66. The summed E-state index contributed by atoms with van der Waals surface area (Å²) in [5, 5.41) is 10.2. The minimum atomic E-state index is -0.467. The Morgan fingerprint density at radius 1 is 1.04 bits per heavy atom. The molecule has 2 rings (SSSR count). The fourth-order valence-electron chi connectivity index (χ4n) is 2.58. The number of rotatable bonds is 8. The van der Waals surface area contributed by atoms with Crippen LogP contribution < -0.4 is 10.5 Å². The highest BCUT2D eigenvalue weighted by atomic mass is 35.5. The zero-order valence-electron chi connectivity index (χ0n) is 13.5. The van der Waals surface area contributed by atoms with Crippen molar-refractivity contribution in [2.24, 2.45) is 5.73 Å². The Morgan fingerprint density at radius 3 is 2.43 bits per heavy atom. The topological polar surface area (TPSA) is 55.5 Å². The Balaban J connectivity index is 0.00000264. The van der Waals surface area contributed by atoms with Gasteiger partial charge in [0.05, 0.1) is 13.2 Å². The quantitative estimate of drug-likeness (QED) is 0.777. The summed E-state index contributed by atoms with van der Waals surface area (Å²) in [6, 6.07) is 17.9. The normalized spacial score (nSPS) is 13.0. The number of halogens is 1. The fraction of sp³-hybridized carbons (Fsp3) is 0.368. The lowest BCUT2D eigenvalue weighted by atomic mass is 9.97. The van der Waals surface area contributed by atoms with Crippen molar-refractivity contribution < 1.29 is 9.84 Å². The zero-order valence-corrected chi connectivity index (χ0v) is 14.3. The molecule has 0 aliphatic rings.